The van der Waals surface area contributed by atoms with Crippen molar-refractivity contribution in [3.63, 3.8) is 0 Å². The summed E-state index contributed by atoms with van der Waals surface area (Å²) in [5.41, 5.74) is 3.10. The number of carbonyl (C=O) groups excluding carboxylic acids is 1. The fraction of sp³-hybridized carbons (Fsp3) is 0.300. The molecule has 25 heavy (non-hydrogen) atoms. The number of aromatic nitrogens is 2. The number of carbonyl (C=O) groups is 1. The highest BCUT2D eigenvalue weighted by atomic mass is 16.5. The molecule has 130 valence electrons. The lowest BCUT2D eigenvalue weighted by atomic mass is 10.2. The average molecular weight is 337 g/mol. The van der Waals surface area contributed by atoms with Crippen molar-refractivity contribution < 1.29 is 9.53 Å². The molecule has 2 aromatic carbocycles. The van der Waals surface area contributed by atoms with Crippen molar-refractivity contribution in [3.8, 4) is 5.75 Å². The zero-order valence-corrected chi connectivity index (χ0v) is 14.7. The third kappa shape index (κ3) is 4.59. The van der Waals surface area contributed by atoms with Gasteiger partial charge in [-0.15, -0.1) is 0 Å². The Balaban J connectivity index is 1.44. The summed E-state index contributed by atoms with van der Waals surface area (Å²) < 4.78 is 5.70. The molecule has 3 rings (SSSR count). The van der Waals surface area contributed by atoms with Gasteiger partial charge in [0.2, 0.25) is 5.91 Å². The van der Waals surface area contributed by atoms with Crippen LogP contribution in [0.3, 0.4) is 0 Å². The van der Waals surface area contributed by atoms with Gasteiger partial charge in [0.25, 0.3) is 0 Å². The predicted molar refractivity (Wildman–Crippen MR) is 98.7 cm³/mol. The van der Waals surface area contributed by atoms with Crippen LogP contribution in [0.25, 0.3) is 11.0 Å². The summed E-state index contributed by atoms with van der Waals surface area (Å²) in [6.07, 6.45) is 1.04. The van der Waals surface area contributed by atoms with E-state index in [0.717, 1.165) is 28.2 Å². The molecule has 0 aliphatic carbocycles. The maximum atomic E-state index is 12.3. The summed E-state index contributed by atoms with van der Waals surface area (Å²) in [4.78, 5) is 21.7. The third-order valence-corrected chi connectivity index (χ3v) is 4.12. The molecule has 0 spiro atoms. The van der Waals surface area contributed by atoms with Crippen LogP contribution >= 0.6 is 0 Å². The number of nitrogens with one attached hydrogen (secondary N) is 1. The number of H-pyrrole nitrogens is 1. The molecule has 0 saturated carbocycles. The molecule has 5 nitrogen and oxygen atoms in total. The molecular weight excluding hydrogens is 314 g/mol. The number of aryl methyl sites for hydroxylation is 2. The number of aromatic amines is 1. The van der Waals surface area contributed by atoms with Gasteiger partial charge in [-0.2, -0.15) is 0 Å². The van der Waals surface area contributed by atoms with Crippen LogP contribution in [0.4, 0.5) is 0 Å². The number of amides is 1. The van der Waals surface area contributed by atoms with E-state index < -0.39 is 0 Å². The second-order valence-corrected chi connectivity index (χ2v) is 6.18. The minimum absolute atomic E-state index is 0.0910. The highest BCUT2D eigenvalue weighted by Crippen LogP contribution is 2.13. The van der Waals surface area contributed by atoms with Gasteiger partial charge in [-0.25, -0.2) is 4.98 Å². The van der Waals surface area contributed by atoms with Gasteiger partial charge in [0.1, 0.15) is 18.2 Å². The Labute approximate surface area is 147 Å². The van der Waals surface area contributed by atoms with Crippen molar-refractivity contribution >= 4 is 16.9 Å². The summed E-state index contributed by atoms with van der Waals surface area (Å²) in [5, 5.41) is 0. The maximum absolute atomic E-state index is 12.3. The van der Waals surface area contributed by atoms with Gasteiger partial charge in [-0.3, -0.25) is 4.79 Å². The molecule has 3 aromatic rings. The number of rotatable bonds is 7. The van der Waals surface area contributed by atoms with E-state index in [2.05, 4.69) is 9.97 Å². The van der Waals surface area contributed by atoms with E-state index in [9.17, 15) is 4.79 Å². The molecule has 1 heterocycles. The summed E-state index contributed by atoms with van der Waals surface area (Å²) >= 11 is 0. The summed E-state index contributed by atoms with van der Waals surface area (Å²) in [6, 6.07) is 15.8. The predicted octanol–water partition coefficient (Wildman–Crippen LogP) is 3.34. The smallest absolute Gasteiger partial charge is 0.222 e. The molecule has 0 aliphatic rings. The number of benzene rings is 2. The van der Waals surface area contributed by atoms with Gasteiger partial charge in [-0.05, 0) is 36.8 Å². The number of likely N-dealkylation sites (N-methyl/N-ethyl adjacent to an activating group) is 1. The van der Waals surface area contributed by atoms with Gasteiger partial charge >= 0.3 is 0 Å². The van der Waals surface area contributed by atoms with Crippen LogP contribution < -0.4 is 4.74 Å². The highest BCUT2D eigenvalue weighted by Gasteiger charge is 2.11. The standard InChI is InChI=1S/C20H23N3O2/c1-15-6-5-7-16(14-15)25-13-12-23(2)20(24)11-10-19-21-17-8-3-4-9-18(17)22-19/h3-9,14H,10-13H2,1-2H3,(H,21,22). The molecule has 1 aromatic heterocycles. The Hall–Kier alpha value is -2.82. The maximum Gasteiger partial charge on any atom is 0.222 e. The second-order valence-electron chi connectivity index (χ2n) is 6.18. The Morgan fingerprint density at radius 2 is 2.04 bits per heavy atom. The first-order valence-corrected chi connectivity index (χ1v) is 8.49. The fourth-order valence-corrected chi connectivity index (χ4v) is 2.67. The minimum Gasteiger partial charge on any atom is -0.492 e. The van der Waals surface area contributed by atoms with Gasteiger partial charge in [0.15, 0.2) is 0 Å². The molecule has 1 N–H and O–H groups in total. The van der Waals surface area contributed by atoms with E-state index in [1.807, 2.05) is 55.5 Å². The lowest BCUT2D eigenvalue weighted by Gasteiger charge is -2.17. The Morgan fingerprint density at radius 3 is 2.84 bits per heavy atom. The van der Waals surface area contributed by atoms with Crippen LogP contribution in [0.5, 0.6) is 5.75 Å². The van der Waals surface area contributed by atoms with E-state index in [1.165, 1.54) is 0 Å². The van der Waals surface area contributed by atoms with Crippen LogP contribution in [0.2, 0.25) is 0 Å². The van der Waals surface area contributed by atoms with Crippen molar-refractivity contribution in [1.82, 2.24) is 14.9 Å². The first-order valence-electron chi connectivity index (χ1n) is 8.49. The molecule has 0 fully saturated rings. The van der Waals surface area contributed by atoms with Gasteiger partial charge in [-0.1, -0.05) is 24.3 Å². The van der Waals surface area contributed by atoms with E-state index in [0.29, 0.717) is 26.0 Å². The third-order valence-electron chi connectivity index (χ3n) is 4.12. The Kier molecular flexibility index (Phi) is 5.33. The van der Waals surface area contributed by atoms with E-state index in [-0.39, 0.29) is 5.91 Å². The molecule has 0 bridgehead atoms. The quantitative estimate of drug-likeness (QED) is 0.719. The monoisotopic (exact) mass is 337 g/mol. The first-order chi connectivity index (χ1) is 12.1. The average Bonchev–Trinajstić information content (AvgIpc) is 3.02. The van der Waals surface area contributed by atoms with Crippen molar-refractivity contribution in [1.29, 1.82) is 0 Å². The minimum atomic E-state index is 0.0910. The number of para-hydroxylation sites is 2. The lowest BCUT2D eigenvalue weighted by molar-refractivity contribution is -0.130. The van der Waals surface area contributed by atoms with Crippen LogP contribution in [0.1, 0.15) is 17.8 Å². The van der Waals surface area contributed by atoms with Gasteiger partial charge < -0.3 is 14.6 Å². The van der Waals surface area contributed by atoms with E-state index in [4.69, 9.17) is 4.74 Å². The number of fused-ring (bicyclic) bond motifs is 1. The van der Waals surface area contributed by atoms with Crippen molar-refractivity contribution in [2.45, 2.75) is 19.8 Å². The van der Waals surface area contributed by atoms with Crippen LogP contribution in [-0.4, -0.2) is 41.0 Å². The van der Waals surface area contributed by atoms with E-state index >= 15 is 0 Å². The lowest BCUT2D eigenvalue weighted by Crippen LogP contribution is -2.31. The van der Waals surface area contributed by atoms with E-state index in [1.54, 1.807) is 11.9 Å². The summed E-state index contributed by atoms with van der Waals surface area (Å²) in [6.45, 7) is 3.07. The highest BCUT2D eigenvalue weighted by molar-refractivity contribution is 5.77. The topological polar surface area (TPSA) is 58.2 Å². The van der Waals surface area contributed by atoms with Crippen LogP contribution in [-0.2, 0) is 11.2 Å². The van der Waals surface area contributed by atoms with Crippen molar-refractivity contribution in [3.05, 3.63) is 59.9 Å². The Morgan fingerprint density at radius 1 is 1.20 bits per heavy atom. The zero-order chi connectivity index (χ0) is 17.6. The van der Waals surface area contributed by atoms with Gasteiger partial charge in [0, 0.05) is 19.9 Å². The van der Waals surface area contributed by atoms with Gasteiger partial charge in [0.05, 0.1) is 17.6 Å². The molecule has 1 amide bonds. The molecule has 0 aliphatic heterocycles. The number of ether oxygens (including phenoxy) is 1. The first kappa shape index (κ1) is 17.0. The Bertz CT molecular complexity index is 824. The zero-order valence-electron chi connectivity index (χ0n) is 14.7. The number of imidazole rings is 1. The summed E-state index contributed by atoms with van der Waals surface area (Å²) in [7, 11) is 1.81. The summed E-state index contributed by atoms with van der Waals surface area (Å²) in [5.74, 6) is 1.77. The number of hydrogen-bond acceptors (Lipinski definition) is 3. The molecule has 0 unspecified atom stereocenters. The molecule has 0 atom stereocenters. The van der Waals surface area contributed by atoms with Crippen LogP contribution in [0, 0.1) is 6.92 Å². The molecular formula is C20H23N3O2. The van der Waals surface area contributed by atoms with Crippen molar-refractivity contribution in [2.75, 3.05) is 20.2 Å². The molecule has 0 radical (unpaired) electrons. The largest absolute Gasteiger partial charge is 0.492 e. The molecule has 5 heteroatoms. The SMILES string of the molecule is Cc1cccc(OCCN(C)C(=O)CCc2nc3ccccc3[nH]2)c1. The number of nitrogens with zero attached hydrogens (tertiary/aromatic N) is 2. The second kappa shape index (κ2) is 7.83. The molecule has 0 saturated heterocycles. The fourth-order valence-electron chi connectivity index (χ4n) is 2.67. The number of hydrogen-bond donors (Lipinski definition) is 1. The van der Waals surface area contributed by atoms with Crippen LogP contribution in [0.15, 0.2) is 48.5 Å². The normalized spacial score (nSPS) is 10.8. The van der Waals surface area contributed by atoms with Crippen molar-refractivity contribution in [2.24, 2.45) is 0 Å².